The number of hydrogen-bond donors (Lipinski definition) is 1. The monoisotopic (exact) mass is 1060 g/mol. The van der Waals surface area contributed by atoms with Crippen LogP contribution >= 0.6 is 0 Å². The molecule has 0 spiro atoms. The minimum absolute atomic E-state index is 0. The molecule has 0 saturated heterocycles. The zero-order valence-corrected chi connectivity index (χ0v) is 46.7. The van der Waals surface area contributed by atoms with Crippen molar-refractivity contribution in [3.8, 4) is 11.3 Å². The van der Waals surface area contributed by atoms with Crippen molar-refractivity contribution in [3.05, 3.63) is 82.6 Å². The van der Waals surface area contributed by atoms with E-state index in [-0.39, 0.29) is 67.2 Å². The van der Waals surface area contributed by atoms with Crippen molar-refractivity contribution in [1.29, 1.82) is 0 Å². The summed E-state index contributed by atoms with van der Waals surface area (Å²) in [6.45, 7) is 15.6. The second kappa shape index (κ2) is 31.7. The van der Waals surface area contributed by atoms with Crippen LogP contribution in [0.5, 0.6) is 0 Å². The molecule has 19 nitrogen and oxygen atoms in total. The summed E-state index contributed by atoms with van der Waals surface area (Å²) in [6, 6.07) is 12.0. The molecule has 0 bridgehead atoms. The third kappa shape index (κ3) is 21.3. The van der Waals surface area contributed by atoms with Gasteiger partial charge in [0.2, 0.25) is 5.36 Å². The number of carbonyl (C=O) groups is 1. The van der Waals surface area contributed by atoms with Crippen molar-refractivity contribution in [2.24, 2.45) is 0 Å². The molecule has 22 heteroatoms. The van der Waals surface area contributed by atoms with Crippen LogP contribution in [0.1, 0.15) is 70.3 Å². The molecule has 0 radical (unpaired) electrons. The van der Waals surface area contributed by atoms with Gasteiger partial charge in [-0.2, -0.15) is 0 Å². The van der Waals surface area contributed by atoms with Crippen molar-refractivity contribution >= 4 is 38.0 Å². The van der Waals surface area contributed by atoms with E-state index in [4.69, 9.17) is 42.3 Å². The zero-order chi connectivity index (χ0) is 51.9. The maximum atomic E-state index is 12.2. The van der Waals surface area contributed by atoms with E-state index in [1.165, 1.54) is 18.2 Å². The number of anilines is 1. The Morgan fingerprint density at radius 2 is 1.31 bits per heavy atom. The van der Waals surface area contributed by atoms with Crippen LogP contribution in [0.2, 0.25) is 0 Å². The first-order chi connectivity index (χ1) is 33.8. The predicted molar refractivity (Wildman–Crippen MR) is 265 cm³/mol. The number of ether oxygens (including phenoxy) is 8. The van der Waals surface area contributed by atoms with Crippen molar-refractivity contribution in [1.82, 2.24) is 4.58 Å². The van der Waals surface area contributed by atoms with Gasteiger partial charge >= 0.3 is 35.5 Å². The van der Waals surface area contributed by atoms with Gasteiger partial charge < -0.3 is 61.4 Å². The Bertz CT molecular complexity index is 2430. The Morgan fingerprint density at radius 3 is 1.81 bits per heavy atom. The number of carboxylic acid groups (broad SMARTS) is 1. The van der Waals surface area contributed by atoms with Crippen molar-refractivity contribution < 1.29 is 108 Å². The minimum Gasteiger partial charge on any atom is -0.748 e. The van der Waals surface area contributed by atoms with Gasteiger partial charge in [-0.1, -0.05) is 26.8 Å². The second-order valence-corrected chi connectivity index (χ2v) is 20.9. The Hall–Kier alpha value is -3.10. The van der Waals surface area contributed by atoms with E-state index < -0.39 is 42.3 Å². The van der Waals surface area contributed by atoms with Crippen LogP contribution in [0.3, 0.4) is 0 Å². The Morgan fingerprint density at radius 1 is 0.764 bits per heavy atom. The van der Waals surface area contributed by atoms with Crippen LogP contribution < -0.4 is 44.4 Å². The zero-order valence-electron chi connectivity index (χ0n) is 43.0. The van der Waals surface area contributed by atoms with E-state index in [2.05, 4.69) is 25.3 Å². The third-order valence-corrected chi connectivity index (χ3v) is 13.3. The number of benzene rings is 2. The van der Waals surface area contributed by atoms with Gasteiger partial charge in [0, 0.05) is 61.4 Å². The minimum atomic E-state index is -4.87. The number of methoxy groups -OCH3 is 2. The summed E-state index contributed by atoms with van der Waals surface area (Å²) in [7, 11) is -6.18. The van der Waals surface area contributed by atoms with Gasteiger partial charge in [0.15, 0.2) is 13.1 Å². The summed E-state index contributed by atoms with van der Waals surface area (Å²) in [6.07, 6.45) is 5.56. The molecule has 3 aliphatic rings. The van der Waals surface area contributed by atoms with Crippen molar-refractivity contribution in [3.63, 3.8) is 0 Å². The molecule has 1 aliphatic carbocycles. The molecule has 72 heavy (non-hydrogen) atoms. The molecule has 1 atom stereocenters. The molecule has 1 aromatic carbocycles. The normalized spacial score (nSPS) is 15.7. The molecular formula is C50H73N2NaO17S2. The molecule has 0 amide bonds. The van der Waals surface area contributed by atoms with Gasteiger partial charge in [0.1, 0.15) is 34.9 Å². The van der Waals surface area contributed by atoms with Crippen molar-refractivity contribution in [2.75, 3.05) is 137 Å². The number of hydrogen-bond acceptors (Lipinski definition) is 17. The Kier molecular flexibility index (Phi) is 27.8. The molecular weight excluding hydrogens is 988 g/mol. The average Bonchev–Trinajstić information content (AvgIpc) is 3.53. The first kappa shape index (κ1) is 63.2. The van der Waals surface area contributed by atoms with E-state index in [0.29, 0.717) is 134 Å². The van der Waals surface area contributed by atoms with Gasteiger partial charge in [0.05, 0.1) is 100 Å². The summed E-state index contributed by atoms with van der Waals surface area (Å²) < 4.78 is 124. The summed E-state index contributed by atoms with van der Waals surface area (Å²) >= 11 is 0. The average molecular weight is 1060 g/mol. The molecule has 2 heterocycles. The van der Waals surface area contributed by atoms with Crippen LogP contribution in [0.25, 0.3) is 17.4 Å². The van der Waals surface area contributed by atoms with Crippen LogP contribution in [-0.2, 0) is 73.8 Å². The Labute approximate surface area is 447 Å². The maximum absolute atomic E-state index is 12.2. The van der Waals surface area contributed by atoms with Gasteiger partial charge in [0.25, 0.3) is 0 Å². The van der Waals surface area contributed by atoms with Gasteiger partial charge in [-0.25, -0.2) is 21.4 Å². The maximum Gasteiger partial charge on any atom is 1.00 e. The molecule has 0 saturated carbocycles. The number of allylic oxidation sites excluding steroid dienone is 3. The number of fused-ring (bicyclic) bond motifs is 2. The number of carboxylic acids is 1. The number of rotatable bonds is 35. The van der Waals surface area contributed by atoms with E-state index >= 15 is 0 Å². The molecule has 0 fully saturated rings. The van der Waals surface area contributed by atoms with E-state index in [1.807, 2.05) is 31.2 Å². The fraction of sp³-hybridized carbons (Fsp3) is 0.600. The molecule has 4 rings (SSSR count). The Balaban J connectivity index is 0.0000137. The van der Waals surface area contributed by atoms with E-state index in [9.17, 15) is 35.8 Å². The van der Waals surface area contributed by atoms with Crippen LogP contribution in [0.4, 0.5) is 5.69 Å². The smallest absolute Gasteiger partial charge is 0.748 e. The third-order valence-electron chi connectivity index (χ3n) is 11.7. The molecule has 1 aromatic rings. The fourth-order valence-corrected chi connectivity index (χ4v) is 9.08. The quantitative estimate of drug-likeness (QED) is 0.0381. The molecule has 1 unspecified atom stereocenters. The number of nitrogens with zero attached hydrogens (tertiary/aromatic N) is 2. The van der Waals surface area contributed by atoms with Crippen LogP contribution in [0, 0.1) is 0 Å². The molecule has 2 aliphatic heterocycles. The summed E-state index contributed by atoms with van der Waals surface area (Å²) in [4.78, 5) is 13.0. The fourth-order valence-electron chi connectivity index (χ4n) is 8.10. The van der Waals surface area contributed by atoms with Crippen LogP contribution in [0.15, 0.2) is 69.6 Å². The van der Waals surface area contributed by atoms with E-state index in [1.54, 1.807) is 37.3 Å². The summed E-state index contributed by atoms with van der Waals surface area (Å²) in [5, 5.41) is 10.4. The van der Waals surface area contributed by atoms with Gasteiger partial charge in [-0.3, -0.25) is 4.79 Å². The molecule has 1 N–H and O–H groups in total. The van der Waals surface area contributed by atoms with Crippen LogP contribution in [-0.4, -0.2) is 169 Å². The van der Waals surface area contributed by atoms with Crippen molar-refractivity contribution in [2.45, 2.75) is 69.1 Å². The number of aliphatic carboxylic acids is 1. The summed E-state index contributed by atoms with van der Waals surface area (Å²) in [5.74, 6) is -0.524. The standard InChI is InChI=1S/C50H74N2O17S2.Na/c1-49(2,3)43-37-40(10-7-11-47-50(4,17-8-12-48(53)54)44-38-41(71(58,59)60)14-16-45(44)52(47)18-9-35-70(55,56)57)69-46-36-39(13-15-42(43)46)51(19-21-63-27-29-67-33-31-65-25-23-61-5)20-22-64-28-30-68-34-32-66-26-24-62-6;/h7,10-11,13-16,36-38H,8-9,12,17-35H2,1-6H3,(H2-,53,54,55,56,57,58,59,60);/q;+1/p-1. The largest absolute Gasteiger partial charge is 1.00 e. The molecule has 0 aromatic heterocycles. The van der Waals surface area contributed by atoms with E-state index in [0.717, 1.165) is 16.5 Å². The first-order valence-corrected chi connectivity index (χ1v) is 26.8. The molecule has 398 valence electrons. The SMILES string of the molecule is COCCOCCOCCOCC[N+](CCOCCOCCOCCOC)=c1ccc2c(C(C)(C)C)cc(/C=C/C=C3/N(CCCS(=O)(=O)[O-])c4ccc(S(=O)(=O)[O-])cc4C3(C)CCCC(=O)O)oc-2c1.[Na+]. The summed E-state index contributed by atoms with van der Waals surface area (Å²) in [5.41, 5.74) is 2.16. The topological polar surface area (TPSA) is 245 Å². The van der Waals surface area contributed by atoms with Gasteiger partial charge in [-0.15, -0.1) is 0 Å². The first-order valence-electron chi connectivity index (χ1n) is 23.8. The predicted octanol–water partition coefficient (Wildman–Crippen LogP) is 1.62. The van der Waals surface area contributed by atoms with Gasteiger partial charge in [-0.05, 0) is 85.2 Å². The second-order valence-electron chi connectivity index (χ2n) is 18.0.